The van der Waals surface area contributed by atoms with Crippen LogP contribution in [0.25, 0.3) is 0 Å². The third kappa shape index (κ3) is 3.22. The van der Waals surface area contributed by atoms with Crippen LogP contribution in [0.2, 0.25) is 0 Å². The number of benzene rings is 1. The first-order chi connectivity index (χ1) is 9.70. The van der Waals surface area contributed by atoms with Gasteiger partial charge in [0.05, 0.1) is 11.3 Å². The van der Waals surface area contributed by atoms with Crippen molar-refractivity contribution < 1.29 is 23.1 Å². The van der Waals surface area contributed by atoms with Crippen LogP contribution in [0, 0.1) is 5.92 Å². The summed E-state index contributed by atoms with van der Waals surface area (Å²) in [7, 11) is -3.96. The van der Waals surface area contributed by atoms with Gasteiger partial charge in [0.2, 0.25) is 15.9 Å². The predicted octanol–water partition coefficient (Wildman–Crippen LogP) is 0.569. The molecule has 0 saturated heterocycles. The number of carbonyl (C=O) groups is 2. The quantitative estimate of drug-likeness (QED) is 0.735. The van der Waals surface area contributed by atoms with Gasteiger partial charge in [-0.05, 0) is 29.7 Å². The predicted molar refractivity (Wildman–Crippen MR) is 75.4 cm³/mol. The molecule has 1 aromatic carbocycles. The molecule has 21 heavy (non-hydrogen) atoms. The van der Waals surface area contributed by atoms with Crippen LogP contribution in [0.3, 0.4) is 0 Å². The zero-order valence-corrected chi connectivity index (χ0v) is 12.4. The lowest BCUT2D eigenvalue weighted by Crippen LogP contribution is -2.44. The lowest BCUT2D eigenvalue weighted by atomic mass is 10.1. The lowest BCUT2D eigenvalue weighted by molar-refractivity contribution is -0.140. The number of carboxylic acid groups (broad SMARTS) is 1. The van der Waals surface area contributed by atoms with Crippen molar-refractivity contribution in [2.45, 2.75) is 31.2 Å². The summed E-state index contributed by atoms with van der Waals surface area (Å²) in [5.74, 6) is -1.82. The number of sulfonamides is 1. The van der Waals surface area contributed by atoms with Gasteiger partial charge in [-0.3, -0.25) is 9.59 Å². The Bertz CT molecular complexity index is 697. The summed E-state index contributed by atoms with van der Waals surface area (Å²) in [6, 6.07) is 3.02. The zero-order valence-electron chi connectivity index (χ0n) is 11.6. The van der Waals surface area contributed by atoms with E-state index < -0.39 is 28.0 Å². The molecule has 1 heterocycles. The van der Waals surface area contributed by atoms with E-state index in [2.05, 4.69) is 10.0 Å². The van der Waals surface area contributed by atoms with E-state index in [0.29, 0.717) is 11.3 Å². The van der Waals surface area contributed by atoms with Crippen molar-refractivity contribution in [2.24, 2.45) is 5.92 Å². The third-order valence-electron chi connectivity index (χ3n) is 3.23. The van der Waals surface area contributed by atoms with E-state index in [-0.39, 0.29) is 17.2 Å². The molecule has 0 aliphatic carbocycles. The smallest absolute Gasteiger partial charge is 0.322 e. The van der Waals surface area contributed by atoms with E-state index in [1.54, 1.807) is 13.8 Å². The van der Waals surface area contributed by atoms with Crippen molar-refractivity contribution in [3.63, 3.8) is 0 Å². The number of aliphatic carboxylic acids is 1. The summed E-state index contributed by atoms with van der Waals surface area (Å²) in [5, 5.41) is 11.7. The van der Waals surface area contributed by atoms with Gasteiger partial charge in [0, 0.05) is 5.69 Å². The van der Waals surface area contributed by atoms with Gasteiger partial charge in [0.1, 0.15) is 6.04 Å². The highest BCUT2D eigenvalue weighted by molar-refractivity contribution is 7.89. The summed E-state index contributed by atoms with van der Waals surface area (Å²) in [6.07, 6.45) is 0.116. The molecule has 2 rings (SSSR count). The average Bonchev–Trinajstić information content (AvgIpc) is 2.74. The van der Waals surface area contributed by atoms with E-state index >= 15 is 0 Å². The summed E-state index contributed by atoms with van der Waals surface area (Å²) in [5.41, 5.74) is 1.16. The molecular formula is C13H16N2O5S. The van der Waals surface area contributed by atoms with E-state index in [1.807, 2.05) is 0 Å². The molecule has 0 unspecified atom stereocenters. The van der Waals surface area contributed by atoms with Gasteiger partial charge in [-0.25, -0.2) is 8.42 Å². The van der Waals surface area contributed by atoms with Crippen LogP contribution in [-0.4, -0.2) is 31.4 Å². The SMILES string of the molecule is CC(C)[C@@H](NS(=O)(=O)c1ccc2c(c1)CC(=O)N2)C(=O)O. The average molecular weight is 312 g/mol. The first-order valence-corrected chi connectivity index (χ1v) is 7.87. The molecular weight excluding hydrogens is 296 g/mol. The molecule has 7 nitrogen and oxygen atoms in total. The minimum absolute atomic E-state index is 0.0512. The Kier molecular flexibility index (Phi) is 4.02. The maximum absolute atomic E-state index is 12.3. The number of nitrogens with one attached hydrogen (secondary N) is 2. The molecule has 8 heteroatoms. The lowest BCUT2D eigenvalue weighted by Gasteiger charge is -2.18. The zero-order chi connectivity index (χ0) is 15.8. The number of amides is 1. The fraction of sp³-hybridized carbons (Fsp3) is 0.385. The highest BCUT2D eigenvalue weighted by Gasteiger charge is 2.29. The Morgan fingerprint density at radius 1 is 1.38 bits per heavy atom. The molecule has 1 aromatic rings. The highest BCUT2D eigenvalue weighted by atomic mass is 32.2. The van der Waals surface area contributed by atoms with E-state index in [4.69, 9.17) is 5.11 Å². The minimum atomic E-state index is -3.96. The first kappa shape index (κ1) is 15.5. The molecule has 1 aliphatic rings. The summed E-state index contributed by atoms with van der Waals surface area (Å²) in [6.45, 7) is 3.24. The Morgan fingerprint density at radius 2 is 2.05 bits per heavy atom. The number of fused-ring (bicyclic) bond motifs is 1. The van der Waals surface area contributed by atoms with Gasteiger partial charge in [-0.2, -0.15) is 4.72 Å². The molecule has 0 aromatic heterocycles. The van der Waals surface area contributed by atoms with Gasteiger partial charge in [0.25, 0.3) is 0 Å². The van der Waals surface area contributed by atoms with Crippen LogP contribution in [0.1, 0.15) is 19.4 Å². The second-order valence-electron chi connectivity index (χ2n) is 5.23. The van der Waals surface area contributed by atoms with Crippen LogP contribution >= 0.6 is 0 Å². The maximum atomic E-state index is 12.3. The van der Waals surface area contributed by atoms with Crippen molar-refractivity contribution in [3.05, 3.63) is 23.8 Å². The van der Waals surface area contributed by atoms with Crippen LogP contribution in [0.15, 0.2) is 23.1 Å². The standard InChI is InChI=1S/C13H16N2O5S/c1-7(2)12(13(17)18)15-21(19,20)9-3-4-10-8(5-9)6-11(16)14-10/h3-5,7,12,15H,6H2,1-2H3,(H,14,16)(H,17,18)/t12-/m1/s1. The van der Waals surface area contributed by atoms with Crippen LogP contribution in [0.4, 0.5) is 5.69 Å². The Morgan fingerprint density at radius 3 is 2.62 bits per heavy atom. The molecule has 114 valence electrons. The molecule has 1 amide bonds. The van der Waals surface area contributed by atoms with Crippen LogP contribution in [-0.2, 0) is 26.0 Å². The molecule has 1 aliphatic heterocycles. The van der Waals surface area contributed by atoms with E-state index in [1.165, 1.54) is 18.2 Å². The first-order valence-electron chi connectivity index (χ1n) is 6.38. The second kappa shape index (κ2) is 5.45. The number of hydrogen-bond acceptors (Lipinski definition) is 4. The summed E-state index contributed by atoms with van der Waals surface area (Å²) < 4.78 is 26.7. The second-order valence-corrected chi connectivity index (χ2v) is 6.94. The number of hydrogen-bond donors (Lipinski definition) is 3. The highest BCUT2D eigenvalue weighted by Crippen LogP contribution is 2.26. The van der Waals surface area contributed by atoms with Gasteiger partial charge in [0.15, 0.2) is 0 Å². The topological polar surface area (TPSA) is 113 Å². The summed E-state index contributed by atoms with van der Waals surface area (Å²) >= 11 is 0. The molecule has 0 saturated carbocycles. The monoisotopic (exact) mass is 312 g/mol. The van der Waals surface area contributed by atoms with Crippen molar-refractivity contribution in [2.75, 3.05) is 5.32 Å². The number of rotatable bonds is 5. The van der Waals surface area contributed by atoms with Gasteiger partial charge in [-0.15, -0.1) is 0 Å². The van der Waals surface area contributed by atoms with Crippen molar-refractivity contribution in [1.29, 1.82) is 0 Å². The van der Waals surface area contributed by atoms with Crippen LogP contribution < -0.4 is 10.0 Å². The fourth-order valence-electron chi connectivity index (χ4n) is 2.08. The molecule has 0 spiro atoms. The Labute approximate surface area is 122 Å². The van der Waals surface area contributed by atoms with Gasteiger partial charge < -0.3 is 10.4 Å². The molecule has 3 N–H and O–H groups in total. The molecule has 1 atom stereocenters. The number of anilines is 1. The van der Waals surface area contributed by atoms with Crippen molar-refractivity contribution in [3.8, 4) is 0 Å². The fourth-order valence-corrected chi connectivity index (χ4v) is 3.47. The van der Waals surface area contributed by atoms with Crippen molar-refractivity contribution >= 4 is 27.6 Å². The normalized spacial score (nSPS) is 15.7. The largest absolute Gasteiger partial charge is 0.480 e. The van der Waals surface area contributed by atoms with Crippen molar-refractivity contribution in [1.82, 2.24) is 4.72 Å². The van der Waals surface area contributed by atoms with E-state index in [0.717, 1.165) is 0 Å². The minimum Gasteiger partial charge on any atom is -0.480 e. The summed E-state index contributed by atoms with van der Waals surface area (Å²) in [4.78, 5) is 22.3. The van der Waals surface area contributed by atoms with E-state index in [9.17, 15) is 18.0 Å². The number of carbonyl (C=O) groups excluding carboxylic acids is 1. The molecule has 0 radical (unpaired) electrons. The Hall–Kier alpha value is -1.93. The third-order valence-corrected chi connectivity index (χ3v) is 4.67. The molecule has 0 fully saturated rings. The molecule has 0 bridgehead atoms. The maximum Gasteiger partial charge on any atom is 0.322 e. The Balaban J connectivity index is 2.30. The van der Waals surface area contributed by atoms with Gasteiger partial charge in [-0.1, -0.05) is 13.8 Å². The number of carboxylic acids is 1. The van der Waals surface area contributed by atoms with Gasteiger partial charge >= 0.3 is 5.97 Å². The van der Waals surface area contributed by atoms with Crippen LogP contribution in [0.5, 0.6) is 0 Å².